The Hall–Kier alpha value is 0.0300. The van der Waals surface area contributed by atoms with Crippen molar-refractivity contribution in [2.75, 3.05) is 0 Å². The molecule has 5 heteroatoms. The molecule has 0 aliphatic rings. The van der Waals surface area contributed by atoms with Gasteiger partial charge in [-0.1, -0.05) is 19.8 Å². The second-order valence-corrected chi connectivity index (χ2v) is 5.15. The molecule has 0 radical (unpaired) electrons. The van der Waals surface area contributed by atoms with Crippen LogP contribution in [0.25, 0.3) is 0 Å². The maximum Gasteiger partial charge on any atom is 0.0729 e. The SMILES string of the molecule is CCCCC(NN)c1ncc(Br)cc1Br. The first-order valence-electron chi connectivity index (χ1n) is 4.96. The number of hydrogen-bond donors (Lipinski definition) is 2. The summed E-state index contributed by atoms with van der Waals surface area (Å²) >= 11 is 6.87. The summed E-state index contributed by atoms with van der Waals surface area (Å²) in [5, 5.41) is 0. The van der Waals surface area contributed by atoms with Crippen molar-refractivity contribution >= 4 is 31.9 Å². The van der Waals surface area contributed by atoms with Crippen LogP contribution < -0.4 is 11.3 Å². The highest BCUT2D eigenvalue weighted by Gasteiger charge is 2.14. The Kier molecular flexibility index (Phi) is 5.74. The summed E-state index contributed by atoms with van der Waals surface area (Å²) in [6.45, 7) is 2.16. The summed E-state index contributed by atoms with van der Waals surface area (Å²) in [4.78, 5) is 4.37. The molecule has 15 heavy (non-hydrogen) atoms. The minimum absolute atomic E-state index is 0.118. The molecule has 0 aromatic carbocycles. The highest BCUT2D eigenvalue weighted by Crippen LogP contribution is 2.26. The number of halogens is 2. The van der Waals surface area contributed by atoms with E-state index in [-0.39, 0.29) is 6.04 Å². The average Bonchev–Trinajstić information content (AvgIpc) is 2.21. The zero-order chi connectivity index (χ0) is 11.3. The summed E-state index contributed by atoms with van der Waals surface area (Å²) < 4.78 is 1.94. The zero-order valence-electron chi connectivity index (χ0n) is 8.63. The lowest BCUT2D eigenvalue weighted by Gasteiger charge is -2.16. The molecule has 1 rings (SSSR count). The number of nitrogens with two attached hydrogens (primary N) is 1. The second-order valence-electron chi connectivity index (χ2n) is 3.38. The minimum Gasteiger partial charge on any atom is -0.271 e. The first-order valence-corrected chi connectivity index (χ1v) is 6.54. The predicted octanol–water partition coefficient (Wildman–Crippen LogP) is 3.30. The van der Waals surface area contributed by atoms with Crippen LogP contribution in [0.5, 0.6) is 0 Å². The van der Waals surface area contributed by atoms with E-state index in [9.17, 15) is 0 Å². The van der Waals surface area contributed by atoms with Gasteiger partial charge in [-0.2, -0.15) is 0 Å². The molecule has 1 aromatic heterocycles. The van der Waals surface area contributed by atoms with E-state index in [2.05, 4.69) is 49.2 Å². The number of rotatable bonds is 5. The lowest BCUT2D eigenvalue weighted by atomic mass is 10.1. The van der Waals surface area contributed by atoms with Crippen LogP contribution in [0.3, 0.4) is 0 Å². The predicted molar refractivity (Wildman–Crippen MR) is 69.2 cm³/mol. The topological polar surface area (TPSA) is 50.9 Å². The molecule has 0 amide bonds. The van der Waals surface area contributed by atoms with Gasteiger partial charge in [-0.05, 0) is 44.3 Å². The smallest absolute Gasteiger partial charge is 0.0729 e. The minimum atomic E-state index is 0.118. The molecule has 0 bridgehead atoms. The van der Waals surface area contributed by atoms with E-state index in [0.29, 0.717) is 0 Å². The van der Waals surface area contributed by atoms with Gasteiger partial charge in [0.2, 0.25) is 0 Å². The van der Waals surface area contributed by atoms with Crippen LogP contribution in [0.1, 0.15) is 37.9 Å². The van der Waals surface area contributed by atoms with Gasteiger partial charge in [0, 0.05) is 15.1 Å². The molecule has 0 aliphatic heterocycles. The van der Waals surface area contributed by atoms with Crippen LogP contribution in [0.15, 0.2) is 21.2 Å². The monoisotopic (exact) mass is 335 g/mol. The second kappa shape index (κ2) is 6.58. The molecule has 1 atom stereocenters. The van der Waals surface area contributed by atoms with Gasteiger partial charge in [0.05, 0.1) is 11.7 Å². The molecule has 3 nitrogen and oxygen atoms in total. The van der Waals surface area contributed by atoms with Crippen LogP contribution in [0.4, 0.5) is 0 Å². The van der Waals surface area contributed by atoms with Gasteiger partial charge in [0.25, 0.3) is 0 Å². The van der Waals surface area contributed by atoms with E-state index >= 15 is 0 Å². The van der Waals surface area contributed by atoms with E-state index in [0.717, 1.165) is 33.9 Å². The van der Waals surface area contributed by atoms with Gasteiger partial charge >= 0.3 is 0 Å². The third-order valence-corrected chi connectivity index (χ3v) is 3.28. The molecule has 0 spiro atoms. The number of hydrazine groups is 1. The Labute approximate surface area is 107 Å². The molecule has 0 fully saturated rings. The number of hydrogen-bond acceptors (Lipinski definition) is 3. The standard InChI is InChI=1S/C10H15Br2N3/c1-2-3-4-9(15-13)10-8(12)5-7(11)6-14-10/h5-6,9,15H,2-4,13H2,1H3. The van der Waals surface area contributed by atoms with Crippen LogP contribution in [-0.4, -0.2) is 4.98 Å². The van der Waals surface area contributed by atoms with Crippen molar-refractivity contribution < 1.29 is 0 Å². The Morgan fingerprint density at radius 1 is 1.53 bits per heavy atom. The van der Waals surface area contributed by atoms with E-state index in [1.165, 1.54) is 0 Å². The van der Waals surface area contributed by atoms with Gasteiger partial charge in [-0.25, -0.2) is 0 Å². The van der Waals surface area contributed by atoms with Crippen molar-refractivity contribution in [3.8, 4) is 0 Å². The normalized spacial score (nSPS) is 12.8. The van der Waals surface area contributed by atoms with Crippen molar-refractivity contribution in [1.29, 1.82) is 0 Å². The van der Waals surface area contributed by atoms with Crippen molar-refractivity contribution in [2.45, 2.75) is 32.2 Å². The van der Waals surface area contributed by atoms with Crippen molar-refractivity contribution in [1.82, 2.24) is 10.4 Å². The number of nitrogens with zero attached hydrogens (tertiary/aromatic N) is 1. The fourth-order valence-electron chi connectivity index (χ4n) is 1.39. The molecule has 0 saturated heterocycles. The quantitative estimate of drug-likeness (QED) is 0.640. The zero-order valence-corrected chi connectivity index (χ0v) is 11.8. The van der Waals surface area contributed by atoms with E-state index < -0.39 is 0 Å². The Bertz CT molecular complexity index is 318. The number of nitrogens with one attached hydrogen (secondary N) is 1. The van der Waals surface area contributed by atoms with Crippen LogP contribution in [0.2, 0.25) is 0 Å². The molecule has 3 N–H and O–H groups in total. The highest BCUT2D eigenvalue weighted by molar-refractivity contribution is 9.11. The summed E-state index contributed by atoms with van der Waals surface area (Å²) in [7, 11) is 0. The van der Waals surface area contributed by atoms with E-state index in [1.54, 1.807) is 6.20 Å². The molecular weight excluding hydrogens is 322 g/mol. The Morgan fingerprint density at radius 3 is 2.80 bits per heavy atom. The van der Waals surface area contributed by atoms with Crippen LogP contribution in [0, 0.1) is 0 Å². The largest absolute Gasteiger partial charge is 0.271 e. The molecule has 1 unspecified atom stereocenters. The summed E-state index contributed by atoms with van der Waals surface area (Å²) in [5.41, 5.74) is 3.77. The van der Waals surface area contributed by atoms with Crippen molar-refractivity contribution in [3.05, 3.63) is 26.9 Å². The summed E-state index contributed by atoms with van der Waals surface area (Å²) in [6.07, 6.45) is 5.09. The molecule has 0 saturated carbocycles. The van der Waals surface area contributed by atoms with E-state index in [4.69, 9.17) is 5.84 Å². The number of pyridine rings is 1. The average molecular weight is 337 g/mol. The first kappa shape index (κ1) is 13.1. The van der Waals surface area contributed by atoms with Crippen LogP contribution >= 0.6 is 31.9 Å². The van der Waals surface area contributed by atoms with Gasteiger partial charge in [-0.15, -0.1) is 0 Å². The van der Waals surface area contributed by atoms with Gasteiger partial charge in [0.15, 0.2) is 0 Å². The third-order valence-electron chi connectivity index (χ3n) is 2.21. The summed E-state index contributed by atoms with van der Waals surface area (Å²) in [6, 6.07) is 2.10. The van der Waals surface area contributed by atoms with Crippen molar-refractivity contribution in [3.63, 3.8) is 0 Å². The van der Waals surface area contributed by atoms with Gasteiger partial charge in [-0.3, -0.25) is 16.3 Å². The third kappa shape index (κ3) is 3.83. The molecule has 0 aliphatic carbocycles. The summed E-state index contributed by atoms with van der Waals surface area (Å²) in [5.74, 6) is 5.53. The van der Waals surface area contributed by atoms with Crippen molar-refractivity contribution in [2.24, 2.45) is 5.84 Å². The number of aromatic nitrogens is 1. The first-order chi connectivity index (χ1) is 7.19. The molecule has 1 aromatic rings. The molecule has 84 valence electrons. The fourth-order valence-corrected chi connectivity index (χ4v) is 2.65. The highest BCUT2D eigenvalue weighted by atomic mass is 79.9. The fraction of sp³-hybridized carbons (Fsp3) is 0.500. The molecule has 1 heterocycles. The van der Waals surface area contributed by atoms with Gasteiger partial charge in [0.1, 0.15) is 0 Å². The Morgan fingerprint density at radius 2 is 2.27 bits per heavy atom. The molecular formula is C10H15Br2N3. The van der Waals surface area contributed by atoms with Gasteiger partial charge < -0.3 is 0 Å². The maximum absolute atomic E-state index is 5.53. The maximum atomic E-state index is 5.53. The number of unbranched alkanes of at least 4 members (excludes halogenated alkanes) is 1. The van der Waals surface area contributed by atoms with E-state index in [1.807, 2.05) is 6.07 Å². The van der Waals surface area contributed by atoms with Crippen LogP contribution in [-0.2, 0) is 0 Å². The lowest BCUT2D eigenvalue weighted by Crippen LogP contribution is -2.29. The Balaban J connectivity index is 2.81. The lowest BCUT2D eigenvalue weighted by molar-refractivity contribution is 0.483.